The summed E-state index contributed by atoms with van der Waals surface area (Å²) < 4.78 is 10.3. The van der Waals surface area contributed by atoms with Crippen LogP contribution >= 0.6 is 0 Å². The Morgan fingerprint density at radius 2 is 1.64 bits per heavy atom. The summed E-state index contributed by atoms with van der Waals surface area (Å²) in [5, 5.41) is 0. The van der Waals surface area contributed by atoms with Crippen LogP contribution < -0.4 is 0 Å². The highest BCUT2D eigenvalue weighted by Crippen LogP contribution is 2.04. The van der Waals surface area contributed by atoms with E-state index in [9.17, 15) is 0 Å². The standard InChI is InChI=1S/C12H24O2/c1-3-5-6-7-8-9-10-14-12-11-13-4-2/h4H,2-3,5-12H2,1H3. The lowest BCUT2D eigenvalue weighted by atomic mass is 10.1. The zero-order chi connectivity index (χ0) is 10.5. The lowest BCUT2D eigenvalue weighted by Crippen LogP contribution is -2.02. The first-order chi connectivity index (χ1) is 6.91. The van der Waals surface area contributed by atoms with Gasteiger partial charge in [0.15, 0.2) is 0 Å². The molecule has 0 aromatic rings. The first-order valence-corrected chi connectivity index (χ1v) is 5.72. The Morgan fingerprint density at radius 1 is 0.929 bits per heavy atom. The molecule has 0 heterocycles. The Bertz CT molecular complexity index is 113. The van der Waals surface area contributed by atoms with Crippen molar-refractivity contribution < 1.29 is 9.47 Å². The van der Waals surface area contributed by atoms with Crippen LogP contribution in [0.2, 0.25) is 0 Å². The van der Waals surface area contributed by atoms with Crippen molar-refractivity contribution in [3.63, 3.8) is 0 Å². The van der Waals surface area contributed by atoms with Crippen molar-refractivity contribution >= 4 is 0 Å². The monoisotopic (exact) mass is 200 g/mol. The van der Waals surface area contributed by atoms with E-state index in [1.807, 2.05) is 0 Å². The molecule has 2 heteroatoms. The molecular formula is C12H24O2. The van der Waals surface area contributed by atoms with Gasteiger partial charge < -0.3 is 9.47 Å². The molecule has 0 rings (SSSR count). The van der Waals surface area contributed by atoms with E-state index in [1.165, 1.54) is 44.8 Å². The molecular weight excluding hydrogens is 176 g/mol. The van der Waals surface area contributed by atoms with E-state index in [0.29, 0.717) is 13.2 Å². The number of hydrogen-bond acceptors (Lipinski definition) is 2. The molecule has 0 aliphatic rings. The highest BCUT2D eigenvalue weighted by Gasteiger charge is 1.90. The zero-order valence-electron chi connectivity index (χ0n) is 9.46. The average molecular weight is 200 g/mol. The maximum absolute atomic E-state index is 5.37. The molecule has 2 nitrogen and oxygen atoms in total. The maximum atomic E-state index is 5.37. The Hall–Kier alpha value is -0.500. The molecule has 0 aliphatic carbocycles. The molecule has 0 radical (unpaired) electrons. The second-order valence-electron chi connectivity index (χ2n) is 3.42. The van der Waals surface area contributed by atoms with Gasteiger partial charge in [-0.25, -0.2) is 0 Å². The zero-order valence-corrected chi connectivity index (χ0v) is 9.46. The molecule has 0 spiro atoms. The van der Waals surface area contributed by atoms with Crippen LogP contribution in [-0.4, -0.2) is 19.8 Å². The van der Waals surface area contributed by atoms with E-state index in [1.54, 1.807) is 0 Å². The molecule has 0 unspecified atom stereocenters. The Kier molecular flexibility index (Phi) is 12.1. The second kappa shape index (κ2) is 12.5. The number of hydrogen-bond donors (Lipinski definition) is 0. The summed E-state index contributed by atoms with van der Waals surface area (Å²) in [5.74, 6) is 0. The summed E-state index contributed by atoms with van der Waals surface area (Å²) >= 11 is 0. The fourth-order valence-corrected chi connectivity index (χ4v) is 1.28. The van der Waals surface area contributed by atoms with Gasteiger partial charge in [0.05, 0.1) is 12.9 Å². The summed E-state index contributed by atoms with van der Waals surface area (Å²) in [5.41, 5.74) is 0. The van der Waals surface area contributed by atoms with Gasteiger partial charge in [-0.05, 0) is 6.42 Å². The smallest absolute Gasteiger partial charge is 0.111 e. The van der Waals surface area contributed by atoms with Gasteiger partial charge in [0.25, 0.3) is 0 Å². The SMILES string of the molecule is C=COCCOCCCCCCCC. The quantitative estimate of drug-likeness (QED) is 0.375. The summed E-state index contributed by atoms with van der Waals surface area (Å²) in [7, 11) is 0. The van der Waals surface area contributed by atoms with Gasteiger partial charge in [0, 0.05) is 6.61 Å². The van der Waals surface area contributed by atoms with Crippen molar-refractivity contribution in [3.05, 3.63) is 12.8 Å². The van der Waals surface area contributed by atoms with Crippen LogP contribution in [0.25, 0.3) is 0 Å². The molecule has 0 aromatic carbocycles. The number of rotatable bonds is 11. The maximum Gasteiger partial charge on any atom is 0.111 e. The molecule has 14 heavy (non-hydrogen) atoms. The van der Waals surface area contributed by atoms with E-state index >= 15 is 0 Å². The molecule has 0 aromatic heterocycles. The molecule has 0 bridgehead atoms. The molecule has 0 amide bonds. The lowest BCUT2D eigenvalue weighted by molar-refractivity contribution is 0.0826. The molecule has 0 atom stereocenters. The number of unbranched alkanes of at least 4 members (excludes halogenated alkanes) is 5. The third-order valence-electron chi connectivity index (χ3n) is 2.11. The largest absolute Gasteiger partial charge is 0.499 e. The van der Waals surface area contributed by atoms with Gasteiger partial charge in [-0.15, -0.1) is 0 Å². The van der Waals surface area contributed by atoms with Gasteiger partial charge in [0.2, 0.25) is 0 Å². The first kappa shape index (κ1) is 13.5. The van der Waals surface area contributed by atoms with E-state index < -0.39 is 0 Å². The van der Waals surface area contributed by atoms with Gasteiger partial charge in [-0.1, -0.05) is 45.6 Å². The van der Waals surface area contributed by atoms with Crippen LogP contribution in [0.4, 0.5) is 0 Å². The third kappa shape index (κ3) is 11.5. The third-order valence-corrected chi connectivity index (χ3v) is 2.11. The first-order valence-electron chi connectivity index (χ1n) is 5.72. The van der Waals surface area contributed by atoms with Gasteiger partial charge >= 0.3 is 0 Å². The van der Waals surface area contributed by atoms with Crippen LogP contribution in [0.5, 0.6) is 0 Å². The summed E-state index contributed by atoms with van der Waals surface area (Å²) in [6.07, 6.45) is 9.33. The Morgan fingerprint density at radius 3 is 2.36 bits per heavy atom. The molecule has 0 N–H and O–H groups in total. The fourth-order valence-electron chi connectivity index (χ4n) is 1.28. The highest BCUT2D eigenvalue weighted by molar-refractivity contribution is 4.48. The predicted molar refractivity (Wildman–Crippen MR) is 60.3 cm³/mol. The fraction of sp³-hybridized carbons (Fsp3) is 0.833. The van der Waals surface area contributed by atoms with Crippen molar-refractivity contribution in [2.75, 3.05) is 19.8 Å². The van der Waals surface area contributed by atoms with Crippen LogP contribution in [0.3, 0.4) is 0 Å². The van der Waals surface area contributed by atoms with Gasteiger partial charge in [0.1, 0.15) is 6.61 Å². The van der Waals surface area contributed by atoms with Crippen LogP contribution in [0.1, 0.15) is 45.4 Å². The van der Waals surface area contributed by atoms with E-state index in [2.05, 4.69) is 13.5 Å². The summed E-state index contributed by atoms with van der Waals surface area (Å²) in [6.45, 7) is 7.87. The lowest BCUT2D eigenvalue weighted by Gasteiger charge is -2.03. The number of ether oxygens (including phenoxy) is 2. The highest BCUT2D eigenvalue weighted by atomic mass is 16.5. The minimum absolute atomic E-state index is 0.624. The van der Waals surface area contributed by atoms with Crippen LogP contribution in [0.15, 0.2) is 12.8 Å². The van der Waals surface area contributed by atoms with Crippen LogP contribution in [0, 0.1) is 0 Å². The molecule has 0 fully saturated rings. The average Bonchev–Trinajstić information content (AvgIpc) is 2.21. The predicted octanol–water partition coefficient (Wildman–Crippen LogP) is 3.52. The molecule has 84 valence electrons. The Labute approximate surface area is 88.3 Å². The van der Waals surface area contributed by atoms with E-state index in [4.69, 9.17) is 9.47 Å². The van der Waals surface area contributed by atoms with E-state index in [0.717, 1.165) is 6.61 Å². The molecule has 0 aliphatic heterocycles. The topological polar surface area (TPSA) is 18.5 Å². The summed E-state index contributed by atoms with van der Waals surface area (Å²) in [4.78, 5) is 0. The van der Waals surface area contributed by atoms with Crippen molar-refractivity contribution in [1.29, 1.82) is 0 Å². The molecule has 0 saturated carbocycles. The minimum atomic E-state index is 0.624. The second-order valence-corrected chi connectivity index (χ2v) is 3.42. The van der Waals surface area contributed by atoms with Crippen molar-refractivity contribution in [2.45, 2.75) is 45.4 Å². The van der Waals surface area contributed by atoms with Crippen molar-refractivity contribution in [1.82, 2.24) is 0 Å². The minimum Gasteiger partial charge on any atom is -0.499 e. The van der Waals surface area contributed by atoms with Gasteiger partial charge in [-0.2, -0.15) is 0 Å². The van der Waals surface area contributed by atoms with E-state index in [-0.39, 0.29) is 0 Å². The van der Waals surface area contributed by atoms with Crippen molar-refractivity contribution in [2.24, 2.45) is 0 Å². The molecule has 0 saturated heterocycles. The van der Waals surface area contributed by atoms with Crippen LogP contribution in [-0.2, 0) is 9.47 Å². The summed E-state index contributed by atoms with van der Waals surface area (Å²) in [6, 6.07) is 0. The van der Waals surface area contributed by atoms with Crippen molar-refractivity contribution in [3.8, 4) is 0 Å². The Balaban J connectivity index is 2.81. The normalized spacial score (nSPS) is 10.1. The van der Waals surface area contributed by atoms with Gasteiger partial charge in [-0.3, -0.25) is 0 Å².